The molecule has 0 saturated heterocycles. The summed E-state index contributed by atoms with van der Waals surface area (Å²) in [6.07, 6.45) is 0. The van der Waals surface area contributed by atoms with E-state index in [2.05, 4.69) is 20.1 Å². The number of nitro benzene ring substituents is 1. The van der Waals surface area contributed by atoms with Crippen molar-refractivity contribution in [2.24, 2.45) is 0 Å². The van der Waals surface area contributed by atoms with Crippen LogP contribution in [-0.2, 0) is 6.54 Å². The van der Waals surface area contributed by atoms with Crippen LogP contribution < -0.4 is 4.90 Å². The van der Waals surface area contributed by atoms with Gasteiger partial charge >= 0.3 is 0 Å². The first kappa shape index (κ1) is 16.5. The van der Waals surface area contributed by atoms with Gasteiger partial charge in [0.2, 0.25) is 5.89 Å². The minimum absolute atomic E-state index is 0.0289. The third-order valence-electron chi connectivity index (χ3n) is 3.52. The number of nitro groups is 1. The normalized spacial score (nSPS) is 10.7. The van der Waals surface area contributed by atoms with Crippen molar-refractivity contribution < 1.29 is 9.45 Å². The average molecular weight is 340 g/mol. The van der Waals surface area contributed by atoms with Crippen molar-refractivity contribution in [3.8, 4) is 11.4 Å². The smallest absolute Gasteiger partial charge is 0.269 e. The molecule has 128 valence electrons. The Morgan fingerprint density at radius 3 is 2.48 bits per heavy atom. The van der Waals surface area contributed by atoms with Gasteiger partial charge < -0.3 is 9.42 Å². The van der Waals surface area contributed by atoms with Gasteiger partial charge in [0.15, 0.2) is 11.6 Å². The molecule has 25 heavy (non-hydrogen) atoms. The Morgan fingerprint density at radius 1 is 1.16 bits per heavy atom. The first-order valence-corrected chi connectivity index (χ1v) is 7.53. The van der Waals surface area contributed by atoms with Gasteiger partial charge in [0.1, 0.15) is 5.82 Å². The third-order valence-corrected chi connectivity index (χ3v) is 3.52. The molecule has 3 rings (SSSR count). The fourth-order valence-corrected chi connectivity index (χ4v) is 2.31. The van der Waals surface area contributed by atoms with E-state index in [1.807, 2.05) is 24.9 Å². The number of benzene rings is 1. The highest BCUT2D eigenvalue weighted by molar-refractivity contribution is 5.59. The molecule has 0 aliphatic heterocycles. The predicted octanol–water partition coefficient (Wildman–Crippen LogP) is 2.69. The number of aromatic nitrogens is 4. The van der Waals surface area contributed by atoms with Crippen LogP contribution in [0.5, 0.6) is 0 Å². The Kier molecular flexibility index (Phi) is 4.38. The van der Waals surface area contributed by atoms with Gasteiger partial charge in [-0.1, -0.05) is 5.16 Å². The van der Waals surface area contributed by atoms with Gasteiger partial charge in [0, 0.05) is 43.4 Å². The van der Waals surface area contributed by atoms with Crippen molar-refractivity contribution in [3.63, 3.8) is 0 Å². The van der Waals surface area contributed by atoms with Gasteiger partial charge in [-0.15, -0.1) is 0 Å². The van der Waals surface area contributed by atoms with Gasteiger partial charge in [-0.3, -0.25) is 10.1 Å². The second kappa shape index (κ2) is 6.63. The van der Waals surface area contributed by atoms with Crippen molar-refractivity contribution in [3.05, 3.63) is 57.9 Å². The van der Waals surface area contributed by atoms with Crippen LogP contribution in [0.2, 0.25) is 0 Å². The zero-order valence-corrected chi connectivity index (χ0v) is 14.0. The summed E-state index contributed by atoms with van der Waals surface area (Å²) in [4.78, 5) is 25.3. The Balaban J connectivity index is 1.88. The van der Waals surface area contributed by atoms with E-state index in [1.54, 1.807) is 19.1 Å². The zero-order valence-electron chi connectivity index (χ0n) is 14.0. The third kappa shape index (κ3) is 3.77. The summed E-state index contributed by atoms with van der Waals surface area (Å²) in [5, 5.41) is 14.6. The number of hydrogen-bond donors (Lipinski definition) is 0. The van der Waals surface area contributed by atoms with Crippen LogP contribution >= 0.6 is 0 Å². The number of aryl methyl sites for hydroxylation is 2. The van der Waals surface area contributed by atoms with E-state index in [-0.39, 0.29) is 5.69 Å². The lowest BCUT2D eigenvalue weighted by molar-refractivity contribution is -0.384. The molecule has 0 aliphatic rings. The monoisotopic (exact) mass is 340 g/mol. The predicted molar refractivity (Wildman–Crippen MR) is 90.0 cm³/mol. The number of rotatable bonds is 5. The highest BCUT2D eigenvalue weighted by atomic mass is 16.6. The Labute approximate surface area is 143 Å². The molecule has 0 aliphatic carbocycles. The highest BCUT2D eigenvalue weighted by Gasteiger charge is 2.13. The topological polar surface area (TPSA) is 111 Å². The molecule has 3 aromatic rings. The molecule has 2 heterocycles. The van der Waals surface area contributed by atoms with E-state index in [0.29, 0.717) is 35.5 Å². The standard InChI is InChI=1S/C16H16N6O3/c1-10-8-15(21(3)9-14-18-11(2)25-20-14)19-16(17-10)12-4-6-13(7-5-12)22(23)24/h4-8H,9H2,1-3H3. The van der Waals surface area contributed by atoms with Gasteiger partial charge in [-0.05, 0) is 19.1 Å². The van der Waals surface area contributed by atoms with Crippen LogP contribution in [0, 0.1) is 24.0 Å². The fraction of sp³-hybridized carbons (Fsp3) is 0.250. The van der Waals surface area contributed by atoms with Crippen LogP contribution in [0.4, 0.5) is 11.5 Å². The number of nitrogens with zero attached hydrogens (tertiary/aromatic N) is 6. The molecule has 0 N–H and O–H groups in total. The van der Waals surface area contributed by atoms with Gasteiger partial charge in [-0.2, -0.15) is 4.98 Å². The molecule has 0 amide bonds. The highest BCUT2D eigenvalue weighted by Crippen LogP contribution is 2.22. The molecule has 0 fully saturated rings. The average Bonchev–Trinajstić information content (AvgIpc) is 2.99. The van der Waals surface area contributed by atoms with E-state index in [9.17, 15) is 10.1 Å². The zero-order chi connectivity index (χ0) is 18.0. The van der Waals surface area contributed by atoms with E-state index < -0.39 is 4.92 Å². The van der Waals surface area contributed by atoms with Crippen LogP contribution in [0.3, 0.4) is 0 Å². The molecule has 0 atom stereocenters. The van der Waals surface area contributed by atoms with Crippen molar-refractivity contribution in [2.75, 3.05) is 11.9 Å². The van der Waals surface area contributed by atoms with Crippen LogP contribution in [0.15, 0.2) is 34.9 Å². The maximum absolute atomic E-state index is 10.8. The summed E-state index contributed by atoms with van der Waals surface area (Å²) in [7, 11) is 1.87. The summed E-state index contributed by atoms with van der Waals surface area (Å²) >= 11 is 0. The van der Waals surface area contributed by atoms with Gasteiger partial charge in [-0.25, -0.2) is 9.97 Å². The summed E-state index contributed by atoms with van der Waals surface area (Å²) in [5.74, 6) is 2.27. The molecule has 0 bridgehead atoms. The molecule has 1 aromatic carbocycles. The molecule has 2 aromatic heterocycles. The Bertz CT molecular complexity index is 906. The van der Waals surface area contributed by atoms with Crippen LogP contribution in [-0.4, -0.2) is 32.1 Å². The SMILES string of the molecule is Cc1cc(N(C)Cc2noc(C)n2)nc(-c2ccc([N+](=O)[O-])cc2)n1. The first-order chi connectivity index (χ1) is 11.9. The van der Waals surface area contributed by atoms with Crippen molar-refractivity contribution in [1.82, 2.24) is 20.1 Å². The number of anilines is 1. The second-order valence-corrected chi connectivity index (χ2v) is 5.58. The number of non-ortho nitro benzene ring substituents is 1. The molecular formula is C16H16N6O3. The van der Waals surface area contributed by atoms with Crippen LogP contribution in [0.25, 0.3) is 11.4 Å². The first-order valence-electron chi connectivity index (χ1n) is 7.53. The minimum atomic E-state index is -0.438. The number of hydrogen-bond acceptors (Lipinski definition) is 8. The van der Waals surface area contributed by atoms with Crippen molar-refractivity contribution >= 4 is 11.5 Å². The summed E-state index contributed by atoms with van der Waals surface area (Å²) in [6, 6.07) is 8.00. The van der Waals surface area contributed by atoms with E-state index in [1.165, 1.54) is 12.1 Å². The van der Waals surface area contributed by atoms with Gasteiger partial charge in [0.05, 0.1) is 11.5 Å². The minimum Gasteiger partial charge on any atom is -0.352 e. The van der Waals surface area contributed by atoms with Gasteiger partial charge in [0.25, 0.3) is 5.69 Å². The molecule has 0 saturated carbocycles. The lowest BCUT2D eigenvalue weighted by atomic mass is 10.2. The summed E-state index contributed by atoms with van der Waals surface area (Å²) < 4.78 is 4.97. The largest absolute Gasteiger partial charge is 0.352 e. The summed E-state index contributed by atoms with van der Waals surface area (Å²) in [6.45, 7) is 4.04. The molecule has 0 radical (unpaired) electrons. The quantitative estimate of drug-likeness (QED) is 0.515. The van der Waals surface area contributed by atoms with Crippen LogP contribution in [0.1, 0.15) is 17.4 Å². The van der Waals surface area contributed by atoms with E-state index in [0.717, 1.165) is 5.69 Å². The van der Waals surface area contributed by atoms with Crippen molar-refractivity contribution in [2.45, 2.75) is 20.4 Å². The maximum atomic E-state index is 10.8. The lowest BCUT2D eigenvalue weighted by Gasteiger charge is -2.17. The fourth-order valence-electron chi connectivity index (χ4n) is 2.31. The molecule has 0 spiro atoms. The summed E-state index contributed by atoms with van der Waals surface area (Å²) in [5.41, 5.74) is 1.52. The Hall–Kier alpha value is -3.36. The molecule has 9 heteroatoms. The molecule has 0 unspecified atom stereocenters. The Morgan fingerprint density at radius 2 is 1.88 bits per heavy atom. The van der Waals surface area contributed by atoms with E-state index in [4.69, 9.17) is 4.52 Å². The lowest BCUT2D eigenvalue weighted by Crippen LogP contribution is -2.19. The van der Waals surface area contributed by atoms with Crippen molar-refractivity contribution in [1.29, 1.82) is 0 Å². The van der Waals surface area contributed by atoms with E-state index >= 15 is 0 Å². The molecule has 9 nitrogen and oxygen atoms in total. The second-order valence-electron chi connectivity index (χ2n) is 5.58. The molecular weight excluding hydrogens is 324 g/mol. The maximum Gasteiger partial charge on any atom is 0.269 e.